The molecule has 0 amide bonds. The minimum absolute atomic E-state index is 0.0295. The van der Waals surface area contributed by atoms with Gasteiger partial charge in [0.05, 0.1) is 5.41 Å². The Bertz CT molecular complexity index is 623. The molecule has 1 fully saturated rings. The summed E-state index contributed by atoms with van der Waals surface area (Å²) in [7, 11) is -1.90. The van der Waals surface area contributed by atoms with Gasteiger partial charge in [0.1, 0.15) is 5.82 Å². The maximum Gasteiger partial charge on any atom is 0.309 e. The predicted molar refractivity (Wildman–Crippen MR) is 76.3 cm³/mol. The highest BCUT2D eigenvalue weighted by atomic mass is 32.2. The molecule has 0 radical (unpaired) electrons. The standard InChI is InChI=1S/C13H21N3O4S/c1-4-13(12(17)18)5-7-16(8-6-13)21(19,20)11-9-15(3)10(2)14-11/h9H,4-8H2,1-3H3,(H,17,18). The van der Waals surface area contributed by atoms with Gasteiger partial charge in [-0.3, -0.25) is 4.79 Å². The first-order valence-electron chi connectivity index (χ1n) is 6.96. The maximum absolute atomic E-state index is 12.5. The molecule has 7 nitrogen and oxygen atoms in total. The van der Waals surface area contributed by atoms with Crippen molar-refractivity contribution in [1.29, 1.82) is 0 Å². The smallest absolute Gasteiger partial charge is 0.309 e. The van der Waals surface area contributed by atoms with E-state index in [0.717, 1.165) is 0 Å². The Kier molecular flexibility index (Phi) is 4.12. The average molecular weight is 315 g/mol. The summed E-state index contributed by atoms with van der Waals surface area (Å²) < 4.78 is 28.0. The normalized spacial score (nSPS) is 19.6. The van der Waals surface area contributed by atoms with Gasteiger partial charge in [-0.2, -0.15) is 4.31 Å². The zero-order valence-corrected chi connectivity index (χ0v) is 13.4. The quantitative estimate of drug-likeness (QED) is 0.894. The summed E-state index contributed by atoms with van der Waals surface area (Å²) in [5.74, 6) is -0.213. The van der Waals surface area contributed by atoms with Crippen LogP contribution < -0.4 is 0 Å². The van der Waals surface area contributed by atoms with E-state index in [0.29, 0.717) is 25.1 Å². The number of nitrogens with zero attached hydrogens (tertiary/aromatic N) is 3. The predicted octanol–water partition coefficient (Wildman–Crippen LogP) is 0.994. The van der Waals surface area contributed by atoms with Crippen LogP contribution in [-0.4, -0.2) is 46.4 Å². The molecule has 118 valence electrons. The van der Waals surface area contributed by atoms with E-state index >= 15 is 0 Å². The first kappa shape index (κ1) is 16.0. The molecule has 0 saturated carbocycles. The van der Waals surface area contributed by atoms with Crippen molar-refractivity contribution in [2.45, 2.75) is 38.1 Å². The third-order valence-corrected chi connectivity index (χ3v) is 6.27. The van der Waals surface area contributed by atoms with Crippen LogP contribution in [0.2, 0.25) is 0 Å². The van der Waals surface area contributed by atoms with Crippen molar-refractivity contribution in [3.63, 3.8) is 0 Å². The van der Waals surface area contributed by atoms with Crippen molar-refractivity contribution < 1.29 is 18.3 Å². The van der Waals surface area contributed by atoms with Crippen molar-refractivity contribution in [2.75, 3.05) is 13.1 Å². The van der Waals surface area contributed by atoms with Crippen LogP contribution in [0.3, 0.4) is 0 Å². The molecule has 1 saturated heterocycles. The van der Waals surface area contributed by atoms with Gasteiger partial charge in [-0.05, 0) is 26.2 Å². The van der Waals surface area contributed by atoms with Crippen LogP contribution >= 0.6 is 0 Å². The molecule has 1 aliphatic rings. The Labute approximate surface area is 124 Å². The van der Waals surface area contributed by atoms with Crippen molar-refractivity contribution >= 4 is 16.0 Å². The number of carboxylic acids is 1. The summed E-state index contributed by atoms with van der Waals surface area (Å²) >= 11 is 0. The zero-order valence-electron chi connectivity index (χ0n) is 12.5. The van der Waals surface area contributed by atoms with Crippen LogP contribution in [0.15, 0.2) is 11.2 Å². The summed E-state index contributed by atoms with van der Waals surface area (Å²) in [6, 6.07) is 0. The molecule has 0 spiro atoms. The highest BCUT2D eigenvalue weighted by molar-refractivity contribution is 7.89. The summed E-state index contributed by atoms with van der Waals surface area (Å²) in [5, 5.41) is 9.38. The molecule has 0 unspecified atom stereocenters. The Morgan fingerprint density at radius 1 is 1.43 bits per heavy atom. The molecule has 0 aromatic carbocycles. The van der Waals surface area contributed by atoms with Crippen LogP contribution in [0.5, 0.6) is 0 Å². The van der Waals surface area contributed by atoms with Gasteiger partial charge in [-0.25, -0.2) is 13.4 Å². The number of aromatic nitrogens is 2. The fraction of sp³-hybridized carbons (Fsp3) is 0.692. The van der Waals surface area contributed by atoms with E-state index in [4.69, 9.17) is 0 Å². The van der Waals surface area contributed by atoms with Gasteiger partial charge in [0.15, 0.2) is 5.03 Å². The van der Waals surface area contributed by atoms with Crippen LogP contribution in [0, 0.1) is 12.3 Å². The van der Waals surface area contributed by atoms with E-state index < -0.39 is 21.4 Å². The Morgan fingerprint density at radius 3 is 2.38 bits per heavy atom. The fourth-order valence-electron chi connectivity index (χ4n) is 2.66. The molecule has 1 aliphatic heterocycles. The summed E-state index contributed by atoms with van der Waals surface area (Å²) in [6.07, 6.45) is 2.68. The molecule has 2 heterocycles. The van der Waals surface area contributed by atoms with Crippen molar-refractivity contribution in [2.24, 2.45) is 12.5 Å². The van der Waals surface area contributed by atoms with Gasteiger partial charge in [-0.15, -0.1) is 0 Å². The van der Waals surface area contributed by atoms with Gasteiger partial charge < -0.3 is 9.67 Å². The number of imidazole rings is 1. The second-order valence-electron chi connectivity index (χ2n) is 5.58. The minimum Gasteiger partial charge on any atom is -0.481 e. The first-order valence-corrected chi connectivity index (χ1v) is 8.40. The molecule has 0 bridgehead atoms. The first-order chi connectivity index (χ1) is 9.73. The molecular weight excluding hydrogens is 294 g/mol. The lowest BCUT2D eigenvalue weighted by atomic mass is 9.77. The van der Waals surface area contributed by atoms with Crippen LogP contribution in [0.25, 0.3) is 0 Å². The second kappa shape index (κ2) is 5.42. The summed E-state index contributed by atoms with van der Waals surface area (Å²) in [4.78, 5) is 15.5. The second-order valence-corrected chi connectivity index (χ2v) is 7.47. The fourth-order valence-corrected chi connectivity index (χ4v) is 4.12. The van der Waals surface area contributed by atoms with E-state index in [2.05, 4.69) is 4.98 Å². The molecular formula is C13H21N3O4S. The number of carboxylic acid groups (broad SMARTS) is 1. The number of carbonyl (C=O) groups is 1. The number of sulfonamides is 1. The Balaban J connectivity index is 2.20. The summed E-state index contributed by atoms with van der Waals surface area (Å²) in [5.41, 5.74) is -0.800. The molecule has 21 heavy (non-hydrogen) atoms. The maximum atomic E-state index is 12.5. The number of aliphatic carboxylic acids is 1. The van der Waals surface area contributed by atoms with Gasteiger partial charge >= 0.3 is 5.97 Å². The Morgan fingerprint density at radius 2 is 2.00 bits per heavy atom. The molecule has 1 aromatic heterocycles. The summed E-state index contributed by atoms with van der Waals surface area (Å²) in [6.45, 7) is 4.01. The van der Waals surface area contributed by atoms with Crippen LogP contribution in [-0.2, 0) is 21.9 Å². The lowest BCUT2D eigenvalue weighted by Gasteiger charge is -2.37. The highest BCUT2D eigenvalue weighted by Crippen LogP contribution is 2.36. The molecule has 0 atom stereocenters. The SMILES string of the molecule is CCC1(C(=O)O)CCN(S(=O)(=O)c2cn(C)c(C)n2)CC1. The van der Waals surface area contributed by atoms with E-state index in [1.165, 1.54) is 10.5 Å². The Hall–Kier alpha value is -1.41. The number of rotatable bonds is 4. The van der Waals surface area contributed by atoms with Gasteiger partial charge in [0.25, 0.3) is 10.0 Å². The van der Waals surface area contributed by atoms with E-state index in [9.17, 15) is 18.3 Å². The highest BCUT2D eigenvalue weighted by Gasteiger charge is 2.43. The van der Waals surface area contributed by atoms with Crippen molar-refractivity contribution in [3.8, 4) is 0 Å². The zero-order chi connectivity index (χ0) is 15.8. The molecule has 0 aliphatic carbocycles. The minimum atomic E-state index is -3.64. The lowest BCUT2D eigenvalue weighted by molar-refractivity contribution is -0.151. The monoisotopic (exact) mass is 315 g/mol. The van der Waals surface area contributed by atoms with Crippen LogP contribution in [0.1, 0.15) is 32.0 Å². The third kappa shape index (κ3) is 2.69. The largest absolute Gasteiger partial charge is 0.481 e. The molecule has 1 N–H and O–H groups in total. The lowest BCUT2D eigenvalue weighted by Crippen LogP contribution is -2.46. The van der Waals surface area contributed by atoms with E-state index in [1.54, 1.807) is 18.5 Å². The number of hydrogen-bond donors (Lipinski definition) is 1. The number of piperidine rings is 1. The molecule has 8 heteroatoms. The molecule has 1 aromatic rings. The van der Waals surface area contributed by atoms with E-state index in [-0.39, 0.29) is 18.1 Å². The van der Waals surface area contributed by atoms with Gasteiger partial charge in [0, 0.05) is 26.3 Å². The topological polar surface area (TPSA) is 92.5 Å². The van der Waals surface area contributed by atoms with Crippen molar-refractivity contribution in [1.82, 2.24) is 13.9 Å². The van der Waals surface area contributed by atoms with E-state index in [1.807, 2.05) is 6.92 Å². The third-order valence-electron chi connectivity index (χ3n) is 4.50. The van der Waals surface area contributed by atoms with Crippen LogP contribution in [0.4, 0.5) is 0 Å². The van der Waals surface area contributed by atoms with Gasteiger partial charge in [0.2, 0.25) is 0 Å². The van der Waals surface area contributed by atoms with Gasteiger partial charge in [-0.1, -0.05) is 6.92 Å². The number of hydrogen-bond acceptors (Lipinski definition) is 4. The average Bonchev–Trinajstić information content (AvgIpc) is 2.79. The molecule has 2 rings (SSSR count). The number of aryl methyl sites for hydroxylation is 2. The van der Waals surface area contributed by atoms with Crippen molar-refractivity contribution in [3.05, 3.63) is 12.0 Å².